The van der Waals surface area contributed by atoms with E-state index in [2.05, 4.69) is 29.8 Å². The van der Waals surface area contributed by atoms with Gasteiger partial charge in [-0.3, -0.25) is 14.4 Å². The molecule has 2 aromatic heterocycles. The zero-order valence-electron chi connectivity index (χ0n) is 29.8. The number of carbonyl (C=O) groups excluding carboxylic acids is 6. The highest BCUT2D eigenvalue weighted by molar-refractivity contribution is 7.13. The van der Waals surface area contributed by atoms with Crippen molar-refractivity contribution in [2.24, 2.45) is 5.41 Å². The van der Waals surface area contributed by atoms with Crippen LogP contribution in [-0.2, 0) is 23.9 Å². The molecule has 1 saturated heterocycles. The number of likely N-dealkylation sites (N-methyl/N-ethyl adjacent to an activating group) is 1. The lowest BCUT2D eigenvalue weighted by atomic mass is 9.81. The minimum absolute atomic E-state index is 0.0486. The number of likely N-dealkylation sites (tertiary alicyclic amines) is 1. The van der Waals surface area contributed by atoms with E-state index in [0.29, 0.717) is 34.2 Å². The lowest BCUT2D eigenvalue weighted by Crippen LogP contribution is -2.60. The van der Waals surface area contributed by atoms with Gasteiger partial charge in [-0.2, -0.15) is 0 Å². The topological polar surface area (TPSA) is 183 Å². The largest absolute Gasteiger partial charge is 0.554 e. The maximum Gasteiger partial charge on any atom is 0.410 e. The molecule has 1 fully saturated rings. The van der Waals surface area contributed by atoms with Crippen molar-refractivity contribution in [3.63, 3.8) is 0 Å². The first-order valence-electron chi connectivity index (χ1n) is 15.7. The lowest BCUT2D eigenvalue weighted by molar-refractivity contribution is -0.919. The molecule has 272 valence electrons. The van der Waals surface area contributed by atoms with E-state index >= 15 is 0 Å². The van der Waals surface area contributed by atoms with Crippen LogP contribution in [0.2, 0.25) is 0 Å². The van der Waals surface area contributed by atoms with Crippen LogP contribution in [0.5, 0.6) is 0 Å². The number of aryl methyl sites for hydroxylation is 2. The monoisotopic (exact) mass is 723 g/mol. The highest BCUT2D eigenvalue weighted by Gasteiger charge is 2.41. The number of methoxy groups -OCH3 is 1. The summed E-state index contributed by atoms with van der Waals surface area (Å²) < 4.78 is 10.5. The zero-order valence-corrected chi connectivity index (χ0v) is 31.4. The van der Waals surface area contributed by atoms with Crippen LogP contribution in [0.15, 0.2) is 10.8 Å². The normalized spacial score (nSPS) is 14.7. The molecule has 3 rings (SSSR count). The van der Waals surface area contributed by atoms with Crippen LogP contribution in [0.4, 0.5) is 16.2 Å². The summed E-state index contributed by atoms with van der Waals surface area (Å²) in [4.78, 5) is 74.9. The highest BCUT2D eigenvalue weighted by atomic mass is 32.1. The number of hydrogen-bond acceptors (Lipinski definition) is 11. The summed E-state index contributed by atoms with van der Waals surface area (Å²) in [5.74, 6) is -1.46. The van der Waals surface area contributed by atoms with Gasteiger partial charge >= 0.3 is 12.1 Å². The Labute approximate surface area is 295 Å². The second-order valence-electron chi connectivity index (χ2n) is 13.9. The van der Waals surface area contributed by atoms with Crippen molar-refractivity contribution in [3.05, 3.63) is 31.6 Å². The number of carbonyl (C=O) groups is 6. The number of anilines is 2. The molecule has 0 aliphatic carbocycles. The van der Waals surface area contributed by atoms with E-state index < -0.39 is 24.1 Å². The fourth-order valence-electron chi connectivity index (χ4n) is 5.11. The summed E-state index contributed by atoms with van der Waals surface area (Å²) in [6.07, 6.45) is 1.19. The third-order valence-corrected chi connectivity index (χ3v) is 10.2. The molecule has 3 N–H and O–H groups in total. The third kappa shape index (κ3) is 12.4. The Morgan fingerprint density at radius 2 is 1.43 bits per heavy atom. The number of rotatable bonds is 11. The van der Waals surface area contributed by atoms with Gasteiger partial charge in [0, 0.05) is 39.5 Å². The fraction of sp³-hybridized carbons (Fsp3) is 0.576. The SMILES string of the molecule is COC(=O)c1scc(C)c1NC(=O)C[N+]1(CC(=O)Nc2c(C)csc2C(=O)NCCN(C)C(=O)OC(C)(C)C)CCC(C)(C)CC1.O=C[O-]. The second kappa shape index (κ2) is 17.6. The Morgan fingerprint density at radius 3 is 1.90 bits per heavy atom. The second-order valence-corrected chi connectivity index (χ2v) is 15.6. The molecule has 0 spiro atoms. The number of esters is 1. The van der Waals surface area contributed by atoms with Gasteiger partial charge in [-0.1, -0.05) is 13.8 Å². The molecule has 0 aromatic carbocycles. The summed E-state index contributed by atoms with van der Waals surface area (Å²) in [6.45, 7) is 14.7. The van der Waals surface area contributed by atoms with Crippen molar-refractivity contribution >= 4 is 70.3 Å². The van der Waals surface area contributed by atoms with Crippen LogP contribution in [0.25, 0.3) is 0 Å². The van der Waals surface area contributed by atoms with Crippen LogP contribution in [0.3, 0.4) is 0 Å². The van der Waals surface area contributed by atoms with Gasteiger partial charge in [0.05, 0.1) is 31.6 Å². The molecule has 49 heavy (non-hydrogen) atoms. The molecule has 0 radical (unpaired) electrons. The maximum absolute atomic E-state index is 13.6. The van der Waals surface area contributed by atoms with Crippen LogP contribution < -0.4 is 21.1 Å². The number of ether oxygens (including phenoxy) is 2. The smallest absolute Gasteiger partial charge is 0.410 e. The first-order chi connectivity index (χ1) is 22.8. The molecule has 0 unspecified atom stereocenters. The summed E-state index contributed by atoms with van der Waals surface area (Å²) in [7, 11) is 2.90. The Balaban J connectivity index is 0.00000267. The van der Waals surface area contributed by atoms with E-state index in [9.17, 15) is 24.0 Å². The Morgan fingerprint density at radius 1 is 0.959 bits per heavy atom. The summed E-state index contributed by atoms with van der Waals surface area (Å²) in [5.41, 5.74) is 1.85. The predicted molar refractivity (Wildman–Crippen MR) is 187 cm³/mol. The number of piperidine rings is 1. The number of quaternary nitrogens is 1. The summed E-state index contributed by atoms with van der Waals surface area (Å²) >= 11 is 2.44. The summed E-state index contributed by atoms with van der Waals surface area (Å²) in [6, 6.07) is 0. The number of hydrogen-bond donors (Lipinski definition) is 3. The highest BCUT2D eigenvalue weighted by Crippen LogP contribution is 2.35. The van der Waals surface area contributed by atoms with Gasteiger partial charge in [0.1, 0.15) is 15.4 Å². The van der Waals surface area contributed by atoms with E-state index in [0.717, 1.165) is 24.0 Å². The van der Waals surface area contributed by atoms with Crippen molar-refractivity contribution in [2.75, 3.05) is 64.1 Å². The molecule has 2 aromatic rings. The van der Waals surface area contributed by atoms with Crippen LogP contribution in [-0.4, -0.2) is 105 Å². The van der Waals surface area contributed by atoms with Crippen molar-refractivity contribution < 1.29 is 47.8 Å². The van der Waals surface area contributed by atoms with E-state index in [1.54, 1.807) is 38.6 Å². The van der Waals surface area contributed by atoms with Gasteiger partial charge in [0.15, 0.2) is 13.1 Å². The molecule has 4 amide bonds. The fourth-order valence-corrected chi connectivity index (χ4v) is 6.96. The van der Waals surface area contributed by atoms with Crippen molar-refractivity contribution in [3.8, 4) is 0 Å². The first-order valence-corrected chi connectivity index (χ1v) is 17.5. The maximum atomic E-state index is 13.6. The molecule has 1 aliphatic rings. The first kappa shape index (κ1) is 41.2. The van der Waals surface area contributed by atoms with Crippen LogP contribution >= 0.6 is 22.7 Å². The van der Waals surface area contributed by atoms with Crippen molar-refractivity contribution in [2.45, 2.75) is 66.9 Å². The average Bonchev–Trinajstić information content (AvgIpc) is 3.54. The molecule has 0 bridgehead atoms. The van der Waals surface area contributed by atoms with Gasteiger partial charge in [0.25, 0.3) is 17.7 Å². The van der Waals surface area contributed by atoms with Crippen molar-refractivity contribution in [1.82, 2.24) is 10.2 Å². The third-order valence-electron chi connectivity index (χ3n) is 7.98. The molecule has 14 nitrogen and oxygen atoms in total. The number of nitrogens with one attached hydrogen (secondary N) is 3. The molecule has 1 aliphatic heterocycles. The van der Waals surface area contributed by atoms with Gasteiger partial charge in [-0.25, -0.2) is 9.59 Å². The minimum atomic E-state index is -0.623. The van der Waals surface area contributed by atoms with Gasteiger partial charge in [-0.15, -0.1) is 22.7 Å². The predicted octanol–water partition coefficient (Wildman–Crippen LogP) is 3.39. The number of carboxylic acid groups (broad SMARTS) is 1. The van der Waals surface area contributed by atoms with Gasteiger partial charge in [-0.05, 0) is 61.9 Å². The zero-order chi connectivity index (χ0) is 37.2. The number of thiophene rings is 2. The molecule has 0 saturated carbocycles. The molecule has 16 heteroatoms. The van der Waals surface area contributed by atoms with E-state index in [1.165, 1.54) is 34.7 Å². The van der Waals surface area contributed by atoms with Gasteiger partial charge in [0.2, 0.25) is 0 Å². The van der Waals surface area contributed by atoms with Crippen LogP contribution in [0.1, 0.15) is 77.9 Å². The van der Waals surface area contributed by atoms with E-state index in [4.69, 9.17) is 19.4 Å². The van der Waals surface area contributed by atoms with E-state index in [-0.39, 0.29) is 53.8 Å². The Hall–Kier alpha value is -4.02. The quantitative estimate of drug-likeness (QED) is 0.178. The van der Waals surface area contributed by atoms with Crippen molar-refractivity contribution in [1.29, 1.82) is 0 Å². The Kier molecular flexibility index (Phi) is 14.8. The van der Waals surface area contributed by atoms with E-state index in [1.807, 2.05) is 13.8 Å². The molecular weight excluding hydrogens is 675 g/mol. The lowest BCUT2D eigenvalue weighted by Gasteiger charge is -2.45. The molecular formula is C33H49N5O9S2. The number of nitrogens with zero attached hydrogens (tertiary/aromatic N) is 2. The Bertz CT molecular complexity index is 1500. The standard InChI is InChI=1S/C32H47N5O7S2.CH2O2/c1-20-18-45-26(28(40)33-12-13-36(8)30(42)44-31(3,4)5)24(20)34-22(38)16-37(14-10-32(6,7)11-15-37)17-23(39)35-25-21(2)19-46-27(25)29(41)43-9;2-1-3/h18-19H,10-17H2,1-9H3,(H2-,33,34,35,38,39,40,41);1H,(H,2,3). The summed E-state index contributed by atoms with van der Waals surface area (Å²) in [5, 5.41) is 20.5. The molecule has 3 heterocycles. The van der Waals surface area contributed by atoms with Crippen LogP contribution in [0, 0.1) is 19.3 Å². The number of amides is 4. The average molecular weight is 724 g/mol. The minimum Gasteiger partial charge on any atom is -0.554 e. The van der Waals surface area contributed by atoms with Gasteiger partial charge < -0.3 is 44.7 Å². The molecule has 0 atom stereocenters.